The van der Waals surface area contributed by atoms with Crippen molar-refractivity contribution >= 4 is 29.4 Å². The first-order chi connectivity index (χ1) is 13.8. The molecule has 1 aliphatic carbocycles. The van der Waals surface area contributed by atoms with Gasteiger partial charge in [-0.3, -0.25) is 24.1 Å². The third-order valence-electron chi connectivity index (χ3n) is 5.34. The summed E-state index contributed by atoms with van der Waals surface area (Å²) in [6.45, 7) is 1.24. The van der Waals surface area contributed by atoms with Gasteiger partial charge in [0.1, 0.15) is 0 Å². The third kappa shape index (κ3) is 4.60. The Balaban J connectivity index is 1.48. The second kappa shape index (κ2) is 8.67. The molecule has 0 spiro atoms. The van der Waals surface area contributed by atoms with Crippen LogP contribution in [-0.4, -0.2) is 41.2 Å². The number of ether oxygens (including phenoxy) is 1. The van der Waals surface area contributed by atoms with Crippen molar-refractivity contribution in [1.82, 2.24) is 4.90 Å². The van der Waals surface area contributed by atoms with Crippen molar-refractivity contribution < 1.29 is 32.7 Å². The maximum Gasteiger partial charge on any atom is 0.308 e. The molecule has 7 nitrogen and oxygen atoms in total. The predicted molar refractivity (Wildman–Crippen MR) is 97.3 cm³/mol. The van der Waals surface area contributed by atoms with Crippen LogP contribution < -0.4 is 5.32 Å². The van der Waals surface area contributed by atoms with Gasteiger partial charge in [-0.15, -0.1) is 0 Å². The number of nitrogens with one attached hydrogen (secondary N) is 1. The minimum atomic E-state index is -1.19. The highest BCUT2D eigenvalue weighted by Gasteiger charge is 2.47. The number of carbonyl (C=O) groups excluding carboxylic acids is 4. The normalized spacial score (nSPS) is 22.2. The molecular formula is C20H22F2N2O5. The lowest BCUT2D eigenvalue weighted by Crippen LogP contribution is -2.35. The minimum absolute atomic E-state index is 0.0210. The highest BCUT2D eigenvalue weighted by atomic mass is 19.2. The molecular weight excluding hydrogens is 386 g/mol. The molecule has 1 heterocycles. The van der Waals surface area contributed by atoms with Crippen molar-refractivity contribution in [3.63, 3.8) is 0 Å². The number of nitrogens with zero attached hydrogens (tertiary/aromatic N) is 1. The molecule has 29 heavy (non-hydrogen) atoms. The first kappa shape index (κ1) is 20.9. The second-order valence-corrected chi connectivity index (χ2v) is 7.33. The zero-order chi connectivity index (χ0) is 21.1. The molecule has 3 amide bonds. The fourth-order valence-corrected chi connectivity index (χ4v) is 3.78. The van der Waals surface area contributed by atoms with Crippen LogP contribution in [0.2, 0.25) is 0 Å². The third-order valence-corrected chi connectivity index (χ3v) is 5.34. The van der Waals surface area contributed by atoms with E-state index >= 15 is 0 Å². The van der Waals surface area contributed by atoms with Crippen LogP contribution in [-0.2, 0) is 23.9 Å². The summed E-state index contributed by atoms with van der Waals surface area (Å²) in [6, 6.07) is 2.85. The Labute approximate surface area is 166 Å². The van der Waals surface area contributed by atoms with Gasteiger partial charge in [0.05, 0.1) is 18.3 Å². The standard InChI is InChI=1S/C20H22F2N2O5/c1-11(18(26)23-12-6-7-15(21)16(22)10-12)29-17(25)8-9-24-19(27)13-4-2-3-5-14(13)20(24)28/h6-7,10-11,13-14H,2-5,8-9H2,1H3,(H,23,26)/t11-,13-,14+/m0/s1. The number of amides is 3. The maximum atomic E-state index is 13.2. The average molecular weight is 408 g/mol. The van der Waals surface area contributed by atoms with Crippen molar-refractivity contribution in [3.8, 4) is 0 Å². The lowest BCUT2D eigenvalue weighted by molar-refractivity contribution is -0.154. The van der Waals surface area contributed by atoms with Gasteiger partial charge in [-0.2, -0.15) is 0 Å². The molecule has 3 rings (SSSR count). The molecule has 1 aliphatic heterocycles. The number of hydrogen-bond acceptors (Lipinski definition) is 5. The van der Waals surface area contributed by atoms with Gasteiger partial charge in [0.25, 0.3) is 5.91 Å². The molecule has 0 unspecified atom stereocenters. The largest absolute Gasteiger partial charge is 0.452 e. The van der Waals surface area contributed by atoms with Crippen LogP contribution in [0.3, 0.4) is 0 Å². The molecule has 2 aliphatic rings. The maximum absolute atomic E-state index is 13.2. The van der Waals surface area contributed by atoms with Crippen molar-refractivity contribution in [3.05, 3.63) is 29.8 Å². The van der Waals surface area contributed by atoms with E-state index in [1.54, 1.807) is 0 Å². The van der Waals surface area contributed by atoms with E-state index in [9.17, 15) is 28.0 Å². The van der Waals surface area contributed by atoms with Crippen molar-refractivity contribution in [2.75, 3.05) is 11.9 Å². The Morgan fingerprint density at radius 2 is 1.76 bits per heavy atom. The number of halogens is 2. The van der Waals surface area contributed by atoms with Crippen LogP contribution in [0.5, 0.6) is 0 Å². The van der Waals surface area contributed by atoms with Gasteiger partial charge in [-0.1, -0.05) is 12.8 Å². The Morgan fingerprint density at radius 1 is 1.14 bits per heavy atom. The number of likely N-dealkylation sites (tertiary alicyclic amines) is 1. The van der Waals surface area contributed by atoms with Crippen LogP contribution in [0.15, 0.2) is 18.2 Å². The number of hydrogen-bond donors (Lipinski definition) is 1. The van der Waals surface area contributed by atoms with E-state index in [0.717, 1.165) is 29.9 Å². The van der Waals surface area contributed by atoms with Crippen LogP contribution in [0.4, 0.5) is 14.5 Å². The van der Waals surface area contributed by atoms with E-state index < -0.39 is 29.6 Å². The predicted octanol–water partition coefficient (Wildman–Crippen LogP) is 2.40. The summed E-state index contributed by atoms with van der Waals surface area (Å²) in [5, 5.41) is 2.32. The van der Waals surface area contributed by atoms with E-state index in [1.165, 1.54) is 13.0 Å². The number of anilines is 1. The van der Waals surface area contributed by atoms with Gasteiger partial charge in [-0.05, 0) is 31.9 Å². The number of fused-ring (bicyclic) bond motifs is 1. The molecule has 156 valence electrons. The Bertz CT molecular complexity index is 820. The fourth-order valence-electron chi connectivity index (χ4n) is 3.78. The molecule has 1 aromatic carbocycles. The van der Waals surface area contributed by atoms with Crippen LogP contribution in [0, 0.1) is 23.5 Å². The van der Waals surface area contributed by atoms with Crippen molar-refractivity contribution in [2.45, 2.75) is 45.1 Å². The zero-order valence-electron chi connectivity index (χ0n) is 16.0. The first-order valence-corrected chi connectivity index (χ1v) is 9.58. The van der Waals surface area contributed by atoms with E-state index in [0.29, 0.717) is 12.8 Å². The summed E-state index contributed by atoms with van der Waals surface area (Å²) in [4.78, 5) is 50.0. The van der Waals surface area contributed by atoms with Gasteiger partial charge >= 0.3 is 5.97 Å². The lowest BCUT2D eigenvalue weighted by Gasteiger charge is -2.19. The molecule has 1 aromatic rings. The first-order valence-electron chi connectivity index (χ1n) is 9.58. The summed E-state index contributed by atoms with van der Waals surface area (Å²) in [5.41, 5.74) is 0.0210. The summed E-state index contributed by atoms with van der Waals surface area (Å²) in [5.74, 6) is -4.67. The highest BCUT2D eigenvalue weighted by molar-refractivity contribution is 6.05. The van der Waals surface area contributed by atoms with Crippen molar-refractivity contribution in [2.24, 2.45) is 11.8 Å². The number of rotatable bonds is 6. The van der Waals surface area contributed by atoms with Gasteiger partial charge in [0, 0.05) is 18.3 Å². The summed E-state index contributed by atoms with van der Waals surface area (Å²) in [7, 11) is 0. The van der Waals surface area contributed by atoms with Gasteiger partial charge in [0.15, 0.2) is 17.7 Å². The molecule has 1 N–H and O–H groups in total. The Kier molecular flexibility index (Phi) is 6.24. The van der Waals surface area contributed by atoms with E-state index in [2.05, 4.69) is 5.32 Å². The smallest absolute Gasteiger partial charge is 0.308 e. The highest BCUT2D eigenvalue weighted by Crippen LogP contribution is 2.37. The monoisotopic (exact) mass is 408 g/mol. The number of esters is 1. The quantitative estimate of drug-likeness (QED) is 0.576. The molecule has 0 aromatic heterocycles. The summed E-state index contributed by atoms with van der Waals surface area (Å²) in [6.07, 6.45) is 1.80. The Morgan fingerprint density at radius 3 is 2.34 bits per heavy atom. The van der Waals surface area contributed by atoms with E-state index in [-0.39, 0.29) is 42.3 Å². The molecule has 2 fully saturated rings. The van der Waals surface area contributed by atoms with Gasteiger partial charge in [-0.25, -0.2) is 8.78 Å². The Hall–Kier alpha value is -2.84. The van der Waals surface area contributed by atoms with Crippen LogP contribution in [0.25, 0.3) is 0 Å². The van der Waals surface area contributed by atoms with Gasteiger partial charge < -0.3 is 10.1 Å². The lowest BCUT2D eigenvalue weighted by atomic mass is 9.81. The minimum Gasteiger partial charge on any atom is -0.452 e. The van der Waals surface area contributed by atoms with Crippen LogP contribution >= 0.6 is 0 Å². The average Bonchev–Trinajstić information content (AvgIpc) is 2.93. The number of carbonyl (C=O) groups is 4. The molecule has 3 atom stereocenters. The van der Waals surface area contributed by atoms with Gasteiger partial charge in [0.2, 0.25) is 11.8 Å². The fraction of sp³-hybridized carbons (Fsp3) is 0.500. The molecule has 9 heteroatoms. The summed E-state index contributed by atoms with van der Waals surface area (Å²) >= 11 is 0. The second-order valence-electron chi connectivity index (χ2n) is 7.33. The topological polar surface area (TPSA) is 92.8 Å². The SMILES string of the molecule is C[C@H](OC(=O)CCN1C(=O)[C@H]2CCCC[C@H]2C1=O)C(=O)Nc1ccc(F)c(F)c1. The van der Waals surface area contributed by atoms with Crippen LogP contribution in [0.1, 0.15) is 39.0 Å². The zero-order valence-corrected chi connectivity index (χ0v) is 16.0. The summed E-state index contributed by atoms with van der Waals surface area (Å²) < 4.78 is 31.1. The number of imide groups is 1. The van der Waals surface area contributed by atoms with E-state index in [4.69, 9.17) is 4.74 Å². The van der Waals surface area contributed by atoms with Crippen molar-refractivity contribution in [1.29, 1.82) is 0 Å². The molecule has 0 radical (unpaired) electrons. The molecule has 0 bridgehead atoms. The molecule has 1 saturated heterocycles. The molecule has 1 saturated carbocycles. The number of benzene rings is 1. The van der Waals surface area contributed by atoms with E-state index in [1.807, 2.05) is 0 Å².